The number of nitro benzene ring substituents is 3. The van der Waals surface area contributed by atoms with Crippen molar-refractivity contribution in [3.8, 4) is 11.3 Å². The van der Waals surface area contributed by atoms with Crippen LogP contribution >= 0.6 is 0 Å². The van der Waals surface area contributed by atoms with Gasteiger partial charge in [-0.05, 0) is 50.3 Å². The van der Waals surface area contributed by atoms with Gasteiger partial charge in [0, 0.05) is 23.8 Å². The van der Waals surface area contributed by atoms with Gasteiger partial charge in [-0.2, -0.15) is 5.10 Å². The number of nitro groups is 3. The van der Waals surface area contributed by atoms with E-state index in [-0.39, 0.29) is 35.0 Å². The maximum absolute atomic E-state index is 12.6. The van der Waals surface area contributed by atoms with E-state index in [0.29, 0.717) is 11.3 Å². The Kier molecular flexibility index (Phi) is 8.04. The number of anilines is 1. The number of rotatable bonds is 10. The number of hydrazone groups is 1. The number of furan rings is 1. The Hall–Kier alpha value is -5.40. The van der Waals surface area contributed by atoms with Crippen molar-refractivity contribution < 1.29 is 28.7 Å². The van der Waals surface area contributed by atoms with E-state index < -0.39 is 32.1 Å². The van der Waals surface area contributed by atoms with Gasteiger partial charge in [0.05, 0.1) is 38.7 Å². The van der Waals surface area contributed by atoms with Crippen molar-refractivity contribution in [1.29, 1.82) is 0 Å². The van der Waals surface area contributed by atoms with Gasteiger partial charge in [0.2, 0.25) is 0 Å². The molecule has 14 nitrogen and oxygen atoms in total. The Bertz CT molecular complexity index is 1420. The first-order valence-electron chi connectivity index (χ1n) is 10.6. The second-order valence-corrected chi connectivity index (χ2v) is 7.31. The maximum Gasteiger partial charge on any atom is 0.340 e. The van der Waals surface area contributed by atoms with Crippen LogP contribution in [0.3, 0.4) is 0 Å². The van der Waals surface area contributed by atoms with Crippen LogP contribution in [0.5, 0.6) is 0 Å². The number of hydrogen-bond donors (Lipinski definition) is 1. The minimum Gasteiger partial charge on any atom is -0.462 e. The molecular weight excluding hydrogens is 490 g/mol. The SMILES string of the molecule is CCOC(=O)C(=C/c1ccc(-c2ccc([N+](=O)[O-])cc2)o1)/C(C)=N\Nc1ccc([N+](=O)[O-])cc1[N+](=O)[O-]. The molecule has 0 amide bonds. The highest BCUT2D eigenvalue weighted by atomic mass is 16.6. The molecule has 1 heterocycles. The number of non-ortho nitro benzene ring substituents is 2. The molecule has 0 atom stereocenters. The van der Waals surface area contributed by atoms with Gasteiger partial charge in [-0.3, -0.25) is 35.8 Å². The molecule has 0 aliphatic rings. The number of esters is 1. The molecule has 190 valence electrons. The molecule has 0 aliphatic carbocycles. The van der Waals surface area contributed by atoms with Crippen LogP contribution in [0.1, 0.15) is 19.6 Å². The van der Waals surface area contributed by atoms with E-state index in [1.54, 1.807) is 19.1 Å². The van der Waals surface area contributed by atoms with Crippen molar-refractivity contribution in [3.63, 3.8) is 0 Å². The molecule has 14 heteroatoms. The van der Waals surface area contributed by atoms with Crippen LogP contribution in [0, 0.1) is 30.3 Å². The summed E-state index contributed by atoms with van der Waals surface area (Å²) < 4.78 is 10.8. The molecule has 37 heavy (non-hydrogen) atoms. The summed E-state index contributed by atoms with van der Waals surface area (Å²) in [6.45, 7) is 3.13. The van der Waals surface area contributed by atoms with E-state index in [1.165, 1.54) is 37.3 Å². The maximum atomic E-state index is 12.6. The second kappa shape index (κ2) is 11.4. The molecule has 0 saturated carbocycles. The third-order valence-corrected chi connectivity index (χ3v) is 4.89. The lowest BCUT2D eigenvalue weighted by atomic mass is 10.1. The fourth-order valence-corrected chi connectivity index (χ4v) is 3.08. The number of benzene rings is 2. The monoisotopic (exact) mass is 509 g/mol. The Balaban J connectivity index is 1.92. The largest absolute Gasteiger partial charge is 0.462 e. The summed E-state index contributed by atoms with van der Waals surface area (Å²) in [6.07, 6.45) is 1.36. The lowest BCUT2D eigenvalue weighted by molar-refractivity contribution is -0.393. The normalized spacial score (nSPS) is 11.6. The lowest BCUT2D eigenvalue weighted by Crippen LogP contribution is -2.15. The van der Waals surface area contributed by atoms with Gasteiger partial charge in [0.15, 0.2) is 0 Å². The highest BCUT2D eigenvalue weighted by Crippen LogP contribution is 2.29. The molecule has 3 aromatic rings. The van der Waals surface area contributed by atoms with Crippen molar-refractivity contribution in [2.24, 2.45) is 5.10 Å². The number of hydrogen-bond acceptors (Lipinski definition) is 11. The molecule has 0 bridgehead atoms. The summed E-state index contributed by atoms with van der Waals surface area (Å²) in [5, 5.41) is 37.1. The molecule has 2 aromatic carbocycles. The third kappa shape index (κ3) is 6.39. The first kappa shape index (κ1) is 26.2. The van der Waals surface area contributed by atoms with Gasteiger partial charge < -0.3 is 9.15 Å². The topological polar surface area (TPSA) is 193 Å². The molecule has 0 fully saturated rings. The van der Waals surface area contributed by atoms with Crippen molar-refractivity contribution in [1.82, 2.24) is 0 Å². The molecule has 0 spiro atoms. The third-order valence-electron chi connectivity index (χ3n) is 4.89. The van der Waals surface area contributed by atoms with Gasteiger partial charge in [-0.1, -0.05) is 0 Å². The first-order chi connectivity index (χ1) is 17.6. The van der Waals surface area contributed by atoms with Gasteiger partial charge >= 0.3 is 11.7 Å². The second-order valence-electron chi connectivity index (χ2n) is 7.31. The number of ether oxygens (including phenoxy) is 1. The van der Waals surface area contributed by atoms with Gasteiger partial charge in [0.25, 0.3) is 11.4 Å². The van der Waals surface area contributed by atoms with Crippen LogP contribution in [0.4, 0.5) is 22.7 Å². The number of nitrogens with zero attached hydrogens (tertiary/aromatic N) is 4. The highest BCUT2D eigenvalue weighted by molar-refractivity contribution is 6.22. The Morgan fingerprint density at radius 1 is 0.973 bits per heavy atom. The van der Waals surface area contributed by atoms with Gasteiger partial charge in [-0.25, -0.2) is 4.79 Å². The fourth-order valence-electron chi connectivity index (χ4n) is 3.08. The molecule has 1 N–H and O–H groups in total. The van der Waals surface area contributed by atoms with Gasteiger partial charge in [-0.15, -0.1) is 0 Å². The molecular formula is C23H19N5O9. The van der Waals surface area contributed by atoms with Crippen molar-refractivity contribution >= 4 is 40.5 Å². The predicted octanol–water partition coefficient (Wildman–Crippen LogP) is 5.11. The van der Waals surface area contributed by atoms with E-state index >= 15 is 0 Å². The van der Waals surface area contributed by atoms with E-state index in [2.05, 4.69) is 10.5 Å². The standard InChI is InChI=1S/C23H19N5O9/c1-3-36-23(29)19(13-18-9-11-22(37-18)15-4-6-16(7-5-15)26(30)31)14(2)24-25-20-10-8-17(27(32)33)12-21(20)28(34)35/h4-13,25H,3H2,1-2H3/b19-13+,24-14-. The van der Waals surface area contributed by atoms with E-state index in [0.717, 1.165) is 18.2 Å². The predicted molar refractivity (Wildman–Crippen MR) is 132 cm³/mol. The Morgan fingerprint density at radius 2 is 1.62 bits per heavy atom. The van der Waals surface area contributed by atoms with E-state index in [4.69, 9.17) is 9.15 Å². The van der Waals surface area contributed by atoms with Crippen molar-refractivity contribution in [2.45, 2.75) is 13.8 Å². The minimum atomic E-state index is -0.801. The molecule has 0 aliphatic heterocycles. The lowest BCUT2D eigenvalue weighted by Gasteiger charge is -2.08. The summed E-state index contributed by atoms with van der Waals surface area (Å²) in [6, 6.07) is 11.9. The Morgan fingerprint density at radius 3 is 2.22 bits per heavy atom. The minimum absolute atomic E-state index is 0.0245. The first-order valence-corrected chi connectivity index (χ1v) is 10.6. The Labute approximate surface area is 208 Å². The molecule has 0 radical (unpaired) electrons. The molecule has 3 rings (SSSR count). The fraction of sp³-hybridized carbons (Fsp3) is 0.130. The highest BCUT2D eigenvalue weighted by Gasteiger charge is 2.20. The number of nitrogens with one attached hydrogen (secondary N) is 1. The summed E-state index contributed by atoms with van der Waals surface area (Å²) >= 11 is 0. The summed E-state index contributed by atoms with van der Waals surface area (Å²) in [7, 11) is 0. The average Bonchev–Trinajstić information content (AvgIpc) is 3.34. The quantitative estimate of drug-likeness (QED) is 0.126. The van der Waals surface area contributed by atoms with Gasteiger partial charge in [0.1, 0.15) is 17.2 Å². The summed E-state index contributed by atoms with van der Waals surface area (Å²) in [5.41, 5.74) is 1.84. The van der Waals surface area contributed by atoms with Crippen molar-refractivity contribution in [2.75, 3.05) is 12.0 Å². The number of carbonyl (C=O) groups is 1. The summed E-state index contributed by atoms with van der Waals surface area (Å²) in [5.74, 6) is -0.108. The zero-order chi connectivity index (χ0) is 27.1. The zero-order valence-corrected chi connectivity index (χ0v) is 19.4. The van der Waals surface area contributed by atoms with Crippen LogP contribution in [0.25, 0.3) is 17.4 Å². The zero-order valence-electron chi connectivity index (χ0n) is 19.4. The van der Waals surface area contributed by atoms with Crippen LogP contribution < -0.4 is 5.43 Å². The smallest absolute Gasteiger partial charge is 0.340 e. The van der Waals surface area contributed by atoms with E-state index in [1.807, 2.05) is 0 Å². The van der Waals surface area contributed by atoms with Crippen LogP contribution in [-0.2, 0) is 9.53 Å². The molecule has 0 unspecified atom stereocenters. The summed E-state index contributed by atoms with van der Waals surface area (Å²) in [4.78, 5) is 43.6. The van der Waals surface area contributed by atoms with Crippen LogP contribution in [0.2, 0.25) is 0 Å². The molecule has 0 saturated heterocycles. The average molecular weight is 509 g/mol. The van der Waals surface area contributed by atoms with Crippen LogP contribution in [0.15, 0.2) is 69.7 Å². The number of carbonyl (C=O) groups excluding carboxylic acids is 1. The van der Waals surface area contributed by atoms with Crippen LogP contribution in [-0.4, -0.2) is 33.1 Å². The van der Waals surface area contributed by atoms with Crippen molar-refractivity contribution in [3.05, 3.63) is 96.3 Å². The molecule has 1 aromatic heterocycles. The van der Waals surface area contributed by atoms with E-state index in [9.17, 15) is 35.1 Å².